The third-order valence-electron chi connectivity index (χ3n) is 19.4. The van der Waals surface area contributed by atoms with Crippen molar-refractivity contribution in [1.82, 2.24) is 15.5 Å². The van der Waals surface area contributed by atoms with Crippen molar-refractivity contribution in [2.45, 2.75) is 351 Å². The van der Waals surface area contributed by atoms with E-state index < -0.39 is 111 Å². The van der Waals surface area contributed by atoms with Crippen molar-refractivity contribution in [2.75, 3.05) is 25.5 Å². The fraction of sp³-hybridized carbons (Fsp3) is 0.716. The number of imide groups is 1. The third-order valence-corrected chi connectivity index (χ3v) is 19.4. The van der Waals surface area contributed by atoms with Crippen molar-refractivity contribution >= 4 is 35.7 Å². The Kier molecular flexibility index (Phi) is 48.4. The molecule has 101 heavy (non-hydrogen) atoms. The summed E-state index contributed by atoms with van der Waals surface area (Å²) in [6.45, 7) is 2.50. The van der Waals surface area contributed by atoms with Crippen LogP contribution in [0.1, 0.15) is 287 Å². The molecule has 0 aromatic heterocycles. The first-order valence-electron chi connectivity index (χ1n) is 39.4. The van der Waals surface area contributed by atoms with E-state index in [1.54, 1.807) is 78.9 Å². The van der Waals surface area contributed by atoms with Crippen LogP contribution in [-0.4, -0.2) is 141 Å². The van der Waals surface area contributed by atoms with Gasteiger partial charge in [-0.1, -0.05) is 299 Å². The van der Waals surface area contributed by atoms with Crippen LogP contribution in [0.5, 0.6) is 0 Å². The monoisotopic (exact) mass is 1420 g/mol. The number of hydrogen-bond acceptors (Lipinski definition) is 17. The number of aliphatic hydroxyl groups excluding tert-OH is 5. The van der Waals surface area contributed by atoms with Gasteiger partial charge in [-0.15, -0.1) is 0 Å². The number of nitrogen functional groups attached to an aromatic ring is 1. The van der Waals surface area contributed by atoms with Gasteiger partial charge in [0.15, 0.2) is 6.29 Å². The van der Waals surface area contributed by atoms with Crippen LogP contribution in [0.4, 0.5) is 15.3 Å². The van der Waals surface area contributed by atoms with E-state index in [2.05, 4.69) is 24.5 Å². The Morgan fingerprint density at radius 1 is 0.515 bits per heavy atom. The number of nitrogens with two attached hydrogens (primary N) is 2. The molecule has 4 amide bonds. The highest BCUT2D eigenvalue weighted by molar-refractivity contribution is 5.98. The van der Waals surface area contributed by atoms with Gasteiger partial charge in [-0.3, -0.25) is 14.4 Å². The van der Waals surface area contributed by atoms with Crippen molar-refractivity contribution in [2.24, 2.45) is 5.73 Å². The summed E-state index contributed by atoms with van der Waals surface area (Å²) in [6, 6.07) is 19.5. The molecule has 0 bridgehead atoms. The predicted molar refractivity (Wildman–Crippen MR) is 398 cm³/mol. The number of hydrogen-bond donors (Lipinski definition) is 9. The van der Waals surface area contributed by atoms with Crippen LogP contribution in [0.25, 0.3) is 0 Å². The molecule has 0 spiro atoms. The Bertz CT molecular complexity index is 2590. The van der Waals surface area contributed by atoms with Gasteiger partial charge in [0, 0.05) is 18.5 Å². The summed E-state index contributed by atoms with van der Waals surface area (Å²) in [6.07, 6.45) is 27.2. The largest absolute Gasteiger partial charge is 0.460 e. The lowest BCUT2D eigenvalue weighted by Gasteiger charge is -2.41. The van der Waals surface area contributed by atoms with Crippen LogP contribution >= 0.6 is 0 Å². The molecule has 3 aromatic carbocycles. The molecule has 20 nitrogen and oxygen atoms in total. The molecule has 0 aliphatic carbocycles. The molecule has 1 saturated heterocycles. The number of anilines is 1. The van der Waals surface area contributed by atoms with Crippen LogP contribution in [0.15, 0.2) is 84.9 Å². The standard InChI is InChI=1S/C81H133N5O15/c1-3-5-7-9-11-13-15-17-18-19-20-21-22-23-24-25-26-27-29-31-33-35-43-52-72(88)100-70(51-42-34-32-30-28-16-14-12-10-8-6-4-2)73(89)69(62-97-79-76(92)75(91)74(90)71(59-87)101-79)86(81(96)99-61-65-53-55-66(83)56-54-65)78(94)67(50-44-45-57-82)84-77(93)68(58-63-46-38-36-39-47-63)85-80(95)98-60-64-48-40-37-41-49-64/h36-41,46-49,53-56,67-71,73-76,79,87,89-92H,3-35,42-45,50-52,57-62,82-83H2,1-2H3,(H,84,93)(H,85,95)/t67-,68-,69-,70+,71+,73-,74-,75-,76+,79-/m0/s1. The number of aliphatic hydroxyl groups is 5. The fourth-order valence-electron chi connectivity index (χ4n) is 13.1. The number of rotatable bonds is 59. The summed E-state index contributed by atoms with van der Waals surface area (Å²) in [7, 11) is 0. The number of benzene rings is 3. The fourth-order valence-corrected chi connectivity index (χ4v) is 13.1. The molecule has 20 heteroatoms. The van der Waals surface area contributed by atoms with Crippen molar-refractivity contribution in [3.63, 3.8) is 0 Å². The zero-order chi connectivity index (χ0) is 72.9. The Morgan fingerprint density at radius 3 is 1.45 bits per heavy atom. The van der Waals surface area contributed by atoms with E-state index in [4.69, 9.17) is 35.2 Å². The number of alkyl carbamates (subject to hydrolysis) is 1. The van der Waals surface area contributed by atoms with Gasteiger partial charge in [0.1, 0.15) is 61.9 Å². The Morgan fingerprint density at radius 2 is 0.960 bits per heavy atom. The SMILES string of the molecule is CCCCCCCCCCCCCCCCCCCCCCCCCC(=O)O[C@H](CCCCCCCCCCCCCC)[C@@H](O)[C@H](CO[C@H]1O[C@H](CO)[C@H](O)[C@H](O)[C@H]1O)N(C(=O)OCc1ccc(N)cc1)C(=O)[C@H](CCCCN)NC(=O)[C@H](Cc1ccccc1)NC(=O)OCc1ccccc1. The first-order valence-corrected chi connectivity index (χ1v) is 39.4. The summed E-state index contributed by atoms with van der Waals surface area (Å²) >= 11 is 0. The second kappa shape index (κ2) is 55.8. The van der Waals surface area contributed by atoms with E-state index in [9.17, 15) is 39.9 Å². The number of nitrogens with zero attached hydrogens (tertiary/aromatic N) is 1. The average molecular weight is 1420 g/mol. The molecule has 0 unspecified atom stereocenters. The average Bonchev–Trinajstić information content (AvgIpc) is 0.805. The van der Waals surface area contributed by atoms with E-state index >= 15 is 9.59 Å². The van der Waals surface area contributed by atoms with Gasteiger partial charge in [-0.25, -0.2) is 14.5 Å². The van der Waals surface area contributed by atoms with Crippen molar-refractivity contribution in [3.05, 3.63) is 102 Å². The third kappa shape index (κ3) is 38.0. The molecular weight excluding hydrogens is 1280 g/mol. The Hall–Kier alpha value is -5.71. The lowest BCUT2D eigenvalue weighted by Crippen LogP contribution is -2.63. The predicted octanol–water partition coefficient (Wildman–Crippen LogP) is 14.8. The summed E-state index contributed by atoms with van der Waals surface area (Å²) in [5.74, 6) is -2.52. The highest BCUT2D eigenvalue weighted by Gasteiger charge is 2.48. The molecule has 3 aromatic rings. The molecule has 572 valence electrons. The van der Waals surface area contributed by atoms with Crippen molar-refractivity contribution in [3.8, 4) is 0 Å². The Labute approximate surface area is 605 Å². The molecule has 0 radical (unpaired) electrons. The zero-order valence-corrected chi connectivity index (χ0v) is 61.8. The second-order valence-corrected chi connectivity index (χ2v) is 28.1. The zero-order valence-electron chi connectivity index (χ0n) is 61.8. The number of carbonyl (C=O) groups is 5. The molecule has 1 heterocycles. The maximum atomic E-state index is 15.9. The lowest BCUT2D eigenvalue weighted by molar-refractivity contribution is -0.304. The highest BCUT2D eigenvalue weighted by atomic mass is 16.7. The number of esters is 1. The molecule has 4 rings (SSSR count). The van der Waals surface area contributed by atoms with Gasteiger partial charge in [0.25, 0.3) is 5.91 Å². The second-order valence-electron chi connectivity index (χ2n) is 28.1. The van der Waals surface area contributed by atoms with Crippen molar-refractivity contribution < 1.29 is 73.2 Å². The van der Waals surface area contributed by atoms with E-state index in [0.29, 0.717) is 53.0 Å². The van der Waals surface area contributed by atoms with Crippen LogP contribution < -0.4 is 22.1 Å². The molecule has 0 saturated carbocycles. The summed E-state index contributed by atoms with van der Waals surface area (Å²) < 4.78 is 29.7. The topological polar surface area (TPSA) is 312 Å². The highest BCUT2D eigenvalue weighted by Crippen LogP contribution is 2.28. The first kappa shape index (κ1) is 87.7. The number of ether oxygens (including phenoxy) is 5. The van der Waals surface area contributed by atoms with Gasteiger partial charge >= 0.3 is 18.2 Å². The quantitative estimate of drug-likeness (QED) is 0.0110. The summed E-state index contributed by atoms with van der Waals surface area (Å²) in [4.78, 5) is 74.4. The first-order chi connectivity index (χ1) is 49.2. The maximum absolute atomic E-state index is 15.9. The molecule has 10 atom stereocenters. The van der Waals surface area contributed by atoms with E-state index in [1.807, 2.05) is 6.07 Å². The number of unbranched alkanes of at least 4 members (excludes halogenated alkanes) is 34. The van der Waals surface area contributed by atoms with Gasteiger partial charge < -0.3 is 71.3 Å². The maximum Gasteiger partial charge on any atom is 0.417 e. The Balaban J connectivity index is 1.58. The van der Waals surface area contributed by atoms with Gasteiger partial charge in [0.05, 0.1) is 19.3 Å². The van der Waals surface area contributed by atoms with Crippen molar-refractivity contribution in [1.29, 1.82) is 0 Å². The van der Waals surface area contributed by atoms with E-state index in [-0.39, 0.29) is 45.3 Å². The van der Waals surface area contributed by atoms with Gasteiger partial charge in [0.2, 0.25) is 5.91 Å². The van der Waals surface area contributed by atoms with Gasteiger partial charge in [-0.05, 0) is 73.9 Å². The number of amides is 4. The van der Waals surface area contributed by atoms with Crippen LogP contribution in [0, 0.1) is 0 Å². The molecule has 1 aliphatic rings. The van der Waals surface area contributed by atoms with Crippen LogP contribution in [0.2, 0.25) is 0 Å². The normalized spacial score (nSPS) is 17.5. The van der Waals surface area contributed by atoms with E-state index in [0.717, 1.165) is 51.4 Å². The van der Waals surface area contributed by atoms with Gasteiger partial charge in [-0.2, -0.15) is 0 Å². The lowest BCUT2D eigenvalue weighted by atomic mass is 9.96. The smallest absolute Gasteiger partial charge is 0.417 e. The summed E-state index contributed by atoms with van der Waals surface area (Å²) in [5, 5.41) is 61.8. The van der Waals surface area contributed by atoms with Crippen LogP contribution in [-0.2, 0) is 57.7 Å². The summed E-state index contributed by atoms with van der Waals surface area (Å²) in [5.41, 5.74) is 14.3. The molecule has 1 fully saturated rings. The minimum absolute atomic E-state index is 0.0341. The molecule has 1 aliphatic heterocycles. The van der Waals surface area contributed by atoms with Crippen LogP contribution in [0.3, 0.4) is 0 Å². The number of nitrogens with one attached hydrogen (secondary N) is 2. The number of carbonyl (C=O) groups excluding carboxylic acids is 5. The minimum atomic E-state index is -1.94. The molecule has 11 N–H and O–H groups in total. The minimum Gasteiger partial charge on any atom is -0.460 e. The molecular formula is C81H133N5O15. The van der Waals surface area contributed by atoms with E-state index in [1.165, 1.54) is 154 Å².